The third kappa shape index (κ3) is 4.95. The van der Waals surface area contributed by atoms with E-state index in [-0.39, 0.29) is 42.9 Å². The molecule has 1 amide bonds. The average molecular weight is 516 g/mol. The largest absolute Gasteiger partial charge is 0.381 e. The molecule has 196 valence electrons. The number of nitrogens with zero attached hydrogens (tertiary/aromatic N) is 2. The van der Waals surface area contributed by atoms with Gasteiger partial charge in [0.25, 0.3) is 23.8 Å². The maximum atomic E-state index is 14.7. The lowest BCUT2D eigenvalue weighted by atomic mass is 9.87. The second-order valence-electron chi connectivity index (χ2n) is 9.58. The topological polar surface area (TPSA) is 66.4 Å². The highest BCUT2D eigenvalue weighted by Crippen LogP contribution is 2.46. The number of carbonyl (C=O) groups is 1. The summed E-state index contributed by atoms with van der Waals surface area (Å²) >= 11 is 0. The fourth-order valence-corrected chi connectivity index (χ4v) is 4.66. The van der Waals surface area contributed by atoms with Gasteiger partial charge in [0.15, 0.2) is 5.67 Å². The minimum atomic E-state index is -3.13. The first-order valence-electron chi connectivity index (χ1n) is 11.4. The Hall–Kier alpha value is -3.02. The Balaban J connectivity index is 1.64. The lowest BCUT2D eigenvalue weighted by Gasteiger charge is -2.42. The van der Waals surface area contributed by atoms with E-state index in [9.17, 15) is 35.9 Å². The van der Waals surface area contributed by atoms with Crippen LogP contribution in [0.3, 0.4) is 0 Å². The monoisotopic (exact) mass is 516 g/mol. The molecule has 2 fully saturated rings. The molecule has 12 heteroatoms. The van der Waals surface area contributed by atoms with E-state index in [4.69, 9.17) is 0 Å². The van der Waals surface area contributed by atoms with Gasteiger partial charge in [0, 0.05) is 37.3 Å². The standard InChI is InChI=1S/C24H26F6N4O2/c1-13(14-4-3-5-15(20(14)25)21(26)27)32-22(36)16-9-34(18-6-7-24(18,29)30)19(35)8-17(16)31-10-23(28)11-33(2)12-23/h3-5,8-9,13,18,21,31H,6-7,10-12H2,1-2H3,(H,32,36)/t13?,18-/m0/s1. The Morgan fingerprint density at radius 1 is 1.19 bits per heavy atom. The van der Waals surface area contributed by atoms with Crippen molar-refractivity contribution in [1.29, 1.82) is 0 Å². The number of hydrogen-bond acceptors (Lipinski definition) is 4. The molecule has 1 aliphatic heterocycles. The molecule has 1 aromatic heterocycles. The number of pyridine rings is 1. The van der Waals surface area contributed by atoms with Crippen LogP contribution in [0.25, 0.3) is 0 Å². The number of anilines is 1. The van der Waals surface area contributed by atoms with Crippen molar-refractivity contribution < 1.29 is 31.1 Å². The molecule has 1 saturated carbocycles. The van der Waals surface area contributed by atoms with Gasteiger partial charge >= 0.3 is 0 Å². The number of amides is 1. The molecule has 2 aromatic rings. The molecule has 4 rings (SSSR count). The SMILES string of the molecule is CC(NC(=O)c1cn([C@H]2CCC2(F)F)c(=O)cc1NCC1(F)CN(C)C1)c1cccc(C(F)F)c1F. The van der Waals surface area contributed by atoms with Crippen LogP contribution in [0.5, 0.6) is 0 Å². The molecule has 0 radical (unpaired) electrons. The zero-order valence-electron chi connectivity index (χ0n) is 19.6. The summed E-state index contributed by atoms with van der Waals surface area (Å²) in [6, 6.07) is 1.83. The summed E-state index contributed by atoms with van der Waals surface area (Å²) in [5.74, 6) is -5.17. The third-order valence-corrected chi connectivity index (χ3v) is 6.71. The highest BCUT2D eigenvalue weighted by Gasteiger charge is 2.50. The quantitative estimate of drug-likeness (QED) is 0.509. The van der Waals surface area contributed by atoms with Crippen molar-refractivity contribution in [3.8, 4) is 0 Å². The van der Waals surface area contributed by atoms with Gasteiger partial charge in [0.05, 0.1) is 29.4 Å². The van der Waals surface area contributed by atoms with Crippen molar-refractivity contribution >= 4 is 11.6 Å². The maximum Gasteiger partial charge on any atom is 0.268 e. The van der Waals surface area contributed by atoms with E-state index in [0.717, 1.165) is 22.9 Å². The van der Waals surface area contributed by atoms with Gasteiger partial charge in [-0.05, 0) is 20.4 Å². The smallest absolute Gasteiger partial charge is 0.268 e. The van der Waals surface area contributed by atoms with Gasteiger partial charge in [-0.2, -0.15) is 0 Å². The minimum absolute atomic E-state index is 0.0305. The van der Waals surface area contributed by atoms with E-state index in [1.54, 1.807) is 11.9 Å². The Bertz CT molecular complexity index is 1210. The van der Waals surface area contributed by atoms with Crippen LogP contribution < -0.4 is 16.2 Å². The van der Waals surface area contributed by atoms with Crippen LogP contribution in [0.2, 0.25) is 0 Å². The first kappa shape index (κ1) is 26.1. The molecule has 0 spiro atoms. The Morgan fingerprint density at radius 3 is 2.42 bits per heavy atom. The molecule has 6 nitrogen and oxygen atoms in total. The lowest BCUT2D eigenvalue weighted by Crippen LogP contribution is -2.60. The molecule has 0 bridgehead atoms. The number of likely N-dealkylation sites (tertiary alicyclic amines) is 1. The van der Waals surface area contributed by atoms with Crippen LogP contribution in [-0.2, 0) is 0 Å². The van der Waals surface area contributed by atoms with Crippen molar-refractivity contribution in [2.24, 2.45) is 0 Å². The molecule has 1 saturated heterocycles. The van der Waals surface area contributed by atoms with E-state index < -0.39 is 59.4 Å². The molecule has 2 aliphatic rings. The number of aromatic nitrogens is 1. The molecule has 1 aromatic carbocycles. The van der Waals surface area contributed by atoms with E-state index in [0.29, 0.717) is 0 Å². The van der Waals surface area contributed by atoms with Gasteiger partial charge in [0.1, 0.15) is 11.9 Å². The Morgan fingerprint density at radius 2 is 1.86 bits per heavy atom. The normalized spacial score (nSPS) is 21.4. The molecular weight excluding hydrogens is 490 g/mol. The van der Waals surface area contributed by atoms with Gasteiger partial charge in [-0.3, -0.25) is 14.5 Å². The highest BCUT2D eigenvalue weighted by molar-refractivity contribution is 5.99. The fraction of sp³-hybridized carbons (Fsp3) is 0.500. The van der Waals surface area contributed by atoms with E-state index in [1.165, 1.54) is 19.1 Å². The lowest BCUT2D eigenvalue weighted by molar-refractivity contribution is -0.123. The molecule has 36 heavy (non-hydrogen) atoms. The van der Waals surface area contributed by atoms with Crippen molar-refractivity contribution in [3.05, 3.63) is 63.3 Å². The van der Waals surface area contributed by atoms with Gasteiger partial charge in [-0.25, -0.2) is 26.3 Å². The second-order valence-corrected chi connectivity index (χ2v) is 9.58. The van der Waals surface area contributed by atoms with Crippen LogP contribution in [-0.4, -0.2) is 53.6 Å². The van der Waals surface area contributed by atoms with Crippen molar-refractivity contribution in [2.75, 3.05) is 32.0 Å². The maximum absolute atomic E-state index is 14.7. The predicted octanol–water partition coefficient (Wildman–Crippen LogP) is 4.45. The molecule has 2 N–H and O–H groups in total. The van der Waals surface area contributed by atoms with Gasteiger partial charge < -0.3 is 15.2 Å². The summed E-state index contributed by atoms with van der Waals surface area (Å²) in [7, 11) is 1.72. The van der Waals surface area contributed by atoms with Crippen LogP contribution in [0.15, 0.2) is 35.3 Å². The van der Waals surface area contributed by atoms with Crippen LogP contribution >= 0.6 is 0 Å². The van der Waals surface area contributed by atoms with Crippen LogP contribution in [0, 0.1) is 5.82 Å². The summed E-state index contributed by atoms with van der Waals surface area (Å²) in [6.07, 6.45) is -2.45. The molecular formula is C24H26F6N4O2. The molecule has 2 atom stereocenters. The van der Waals surface area contributed by atoms with Crippen molar-refractivity contribution in [1.82, 2.24) is 14.8 Å². The summed E-state index contributed by atoms with van der Waals surface area (Å²) in [5.41, 5.74) is -3.72. The zero-order chi connectivity index (χ0) is 26.4. The summed E-state index contributed by atoms with van der Waals surface area (Å²) in [6.45, 7) is 1.39. The van der Waals surface area contributed by atoms with Crippen molar-refractivity contribution in [3.63, 3.8) is 0 Å². The average Bonchev–Trinajstić information content (AvgIpc) is 2.77. The number of nitrogens with one attached hydrogen (secondary N) is 2. The summed E-state index contributed by atoms with van der Waals surface area (Å²) in [5, 5.41) is 5.20. The van der Waals surface area contributed by atoms with E-state index in [2.05, 4.69) is 10.6 Å². The number of carbonyl (C=O) groups excluding carboxylic acids is 1. The Labute approximate surface area is 203 Å². The number of hydrogen-bond donors (Lipinski definition) is 2. The molecule has 1 unspecified atom stereocenters. The van der Waals surface area contributed by atoms with Crippen LogP contribution in [0.4, 0.5) is 32.0 Å². The minimum Gasteiger partial charge on any atom is -0.381 e. The Kier molecular flexibility index (Phi) is 6.84. The number of halogens is 6. The third-order valence-electron chi connectivity index (χ3n) is 6.71. The van der Waals surface area contributed by atoms with E-state index in [1.807, 2.05) is 0 Å². The zero-order valence-corrected chi connectivity index (χ0v) is 19.6. The molecule has 1 aliphatic carbocycles. The number of alkyl halides is 5. The van der Waals surface area contributed by atoms with Gasteiger partial charge in [0.2, 0.25) is 0 Å². The first-order chi connectivity index (χ1) is 16.8. The summed E-state index contributed by atoms with van der Waals surface area (Å²) < 4.78 is 84.3. The van der Waals surface area contributed by atoms with Gasteiger partial charge in [-0.15, -0.1) is 0 Å². The predicted molar refractivity (Wildman–Crippen MR) is 121 cm³/mol. The summed E-state index contributed by atoms with van der Waals surface area (Å²) in [4.78, 5) is 27.5. The van der Waals surface area contributed by atoms with Crippen molar-refractivity contribution in [2.45, 2.75) is 49.9 Å². The highest BCUT2D eigenvalue weighted by atomic mass is 19.3. The number of benzene rings is 1. The first-order valence-corrected chi connectivity index (χ1v) is 11.4. The van der Waals surface area contributed by atoms with Crippen LogP contribution in [0.1, 0.15) is 59.8 Å². The van der Waals surface area contributed by atoms with Gasteiger partial charge in [-0.1, -0.05) is 18.2 Å². The second kappa shape index (κ2) is 9.45. The molecule has 2 heterocycles. The fourth-order valence-electron chi connectivity index (χ4n) is 4.66. The van der Waals surface area contributed by atoms with E-state index >= 15 is 0 Å². The number of rotatable bonds is 8.